The molecule has 0 saturated heterocycles. The van der Waals surface area contributed by atoms with Crippen molar-refractivity contribution in [1.82, 2.24) is 0 Å². The minimum atomic E-state index is 0.257. The van der Waals surface area contributed by atoms with E-state index in [1.807, 2.05) is 19.9 Å². The Morgan fingerprint density at radius 2 is 2.07 bits per heavy atom. The van der Waals surface area contributed by atoms with E-state index in [1.165, 1.54) is 0 Å². The zero-order valence-corrected chi connectivity index (χ0v) is 10.4. The van der Waals surface area contributed by atoms with Crippen LogP contribution in [-0.4, -0.2) is 19.3 Å². The van der Waals surface area contributed by atoms with Gasteiger partial charge in [-0.15, -0.1) is 0 Å². The van der Waals surface area contributed by atoms with Gasteiger partial charge in [-0.3, -0.25) is 0 Å². The summed E-state index contributed by atoms with van der Waals surface area (Å²) in [5.74, 6) is 0. The summed E-state index contributed by atoms with van der Waals surface area (Å²) in [4.78, 5) is 0. The molecule has 1 rings (SSSR count). The van der Waals surface area contributed by atoms with Crippen molar-refractivity contribution in [3.63, 3.8) is 0 Å². The highest BCUT2D eigenvalue weighted by atomic mass is 35.5. The van der Waals surface area contributed by atoms with Crippen LogP contribution in [0, 0.1) is 0 Å². The van der Waals surface area contributed by atoms with Crippen molar-refractivity contribution >= 4 is 28.9 Å². The lowest BCUT2D eigenvalue weighted by atomic mass is 10.3. The molecular formula is C11H15Cl2NO. The molecule has 15 heavy (non-hydrogen) atoms. The highest BCUT2D eigenvalue weighted by Crippen LogP contribution is 2.24. The molecule has 0 aliphatic rings. The fourth-order valence-corrected chi connectivity index (χ4v) is 1.59. The monoisotopic (exact) mass is 247 g/mol. The molecule has 0 saturated carbocycles. The van der Waals surface area contributed by atoms with Gasteiger partial charge in [0, 0.05) is 11.6 Å². The third-order valence-corrected chi connectivity index (χ3v) is 2.35. The molecule has 0 amide bonds. The van der Waals surface area contributed by atoms with Crippen LogP contribution in [0.1, 0.15) is 13.8 Å². The van der Waals surface area contributed by atoms with Gasteiger partial charge in [-0.25, -0.2) is 0 Å². The van der Waals surface area contributed by atoms with E-state index in [9.17, 15) is 0 Å². The van der Waals surface area contributed by atoms with Gasteiger partial charge < -0.3 is 10.1 Å². The van der Waals surface area contributed by atoms with Gasteiger partial charge in [0.1, 0.15) is 0 Å². The first kappa shape index (κ1) is 12.6. The van der Waals surface area contributed by atoms with E-state index in [1.54, 1.807) is 12.1 Å². The summed E-state index contributed by atoms with van der Waals surface area (Å²) in [7, 11) is 0. The summed E-state index contributed by atoms with van der Waals surface area (Å²) in [5.41, 5.74) is 0.883. The molecule has 0 aromatic heterocycles. The van der Waals surface area contributed by atoms with Gasteiger partial charge in [0.25, 0.3) is 0 Å². The van der Waals surface area contributed by atoms with E-state index in [0.29, 0.717) is 16.7 Å². The maximum absolute atomic E-state index is 5.98. The molecule has 0 bridgehead atoms. The third kappa shape index (κ3) is 4.74. The van der Waals surface area contributed by atoms with E-state index in [2.05, 4.69) is 5.32 Å². The molecule has 84 valence electrons. The molecule has 0 atom stereocenters. The predicted molar refractivity (Wildman–Crippen MR) is 66.0 cm³/mol. The molecule has 0 heterocycles. The van der Waals surface area contributed by atoms with Crippen molar-refractivity contribution in [3.8, 4) is 0 Å². The Morgan fingerprint density at radius 1 is 1.33 bits per heavy atom. The van der Waals surface area contributed by atoms with Crippen LogP contribution < -0.4 is 5.32 Å². The SMILES string of the molecule is CC(C)OCCNc1ccc(Cl)cc1Cl. The molecule has 0 fully saturated rings. The Bertz CT molecular complexity index is 315. The van der Waals surface area contributed by atoms with Gasteiger partial charge in [-0.1, -0.05) is 23.2 Å². The maximum atomic E-state index is 5.98. The quantitative estimate of drug-likeness (QED) is 0.799. The van der Waals surface area contributed by atoms with Crippen LogP contribution in [0.5, 0.6) is 0 Å². The second kappa shape index (κ2) is 6.21. The van der Waals surface area contributed by atoms with Crippen molar-refractivity contribution in [2.75, 3.05) is 18.5 Å². The smallest absolute Gasteiger partial charge is 0.0652 e. The van der Waals surface area contributed by atoms with Gasteiger partial charge in [-0.05, 0) is 32.0 Å². The minimum absolute atomic E-state index is 0.257. The lowest BCUT2D eigenvalue weighted by Crippen LogP contribution is -2.13. The van der Waals surface area contributed by atoms with Crippen LogP contribution in [0.15, 0.2) is 18.2 Å². The third-order valence-electron chi connectivity index (χ3n) is 1.80. The van der Waals surface area contributed by atoms with E-state index in [-0.39, 0.29) is 6.10 Å². The van der Waals surface area contributed by atoms with E-state index in [4.69, 9.17) is 27.9 Å². The zero-order valence-electron chi connectivity index (χ0n) is 8.89. The second-order valence-electron chi connectivity index (χ2n) is 3.47. The van der Waals surface area contributed by atoms with Crippen LogP contribution >= 0.6 is 23.2 Å². The molecule has 0 aliphatic carbocycles. The number of benzene rings is 1. The standard InChI is InChI=1S/C11H15Cl2NO/c1-8(2)15-6-5-14-11-4-3-9(12)7-10(11)13/h3-4,7-8,14H,5-6H2,1-2H3. The number of ether oxygens (including phenoxy) is 1. The molecule has 0 aliphatic heterocycles. The molecule has 4 heteroatoms. The van der Waals surface area contributed by atoms with E-state index < -0.39 is 0 Å². The van der Waals surface area contributed by atoms with E-state index >= 15 is 0 Å². The first-order chi connectivity index (χ1) is 7.09. The summed E-state index contributed by atoms with van der Waals surface area (Å²) in [6.07, 6.45) is 0.257. The van der Waals surface area contributed by atoms with Crippen LogP contribution in [0.25, 0.3) is 0 Å². The highest BCUT2D eigenvalue weighted by molar-refractivity contribution is 6.36. The summed E-state index contributed by atoms with van der Waals surface area (Å²) < 4.78 is 5.40. The summed E-state index contributed by atoms with van der Waals surface area (Å²) >= 11 is 11.8. The summed E-state index contributed by atoms with van der Waals surface area (Å²) in [6, 6.07) is 5.38. The molecule has 1 aromatic rings. The first-order valence-electron chi connectivity index (χ1n) is 4.90. The fraction of sp³-hybridized carbons (Fsp3) is 0.455. The fourth-order valence-electron chi connectivity index (χ4n) is 1.11. The average Bonchev–Trinajstić information content (AvgIpc) is 2.14. The van der Waals surface area contributed by atoms with Crippen molar-refractivity contribution in [2.24, 2.45) is 0 Å². The van der Waals surface area contributed by atoms with Crippen LogP contribution in [-0.2, 0) is 4.74 Å². The first-order valence-corrected chi connectivity index (χ1v) is 5.65. The Balaban J connectivity index is 2.37. The van der Waals surface area contributed by atoms with Crippen LogP contribution in [0.4, 0.5) is 5.69 Å². The molecular weight excluding hydrogens is 233 g/mol. The van der Waals surface area contributed by atoms with Crippen molar-refractivity contribution in [3.05, 3.63) is 28.2 Å². The van der Waals surface area contributed by atoms with Crippen LogP contribution in [0.2, 0.25) is 10.0 Å². The number of hydrogen-bond donors (Lipinski definition) is 1. The number of rotatable bonds is 5. The molecule has 2 nitrogen and oxygen atoms in total. The van der Waals surface area contributed by atoms with Gasteiger partial charge in [-0.2, -0.15) is 0 Å². The Morgan fingerprint density at radius 3 is 2.67 bits per heavy atom. The van der Waals surface area contributed by atoms with Crippen molar-refractivity contribution in [1.29, 1.82) is 0 Å². The average molecular weight is 248 g/mol. The number of halogens is 2. The Hall–Kier alpha value is -0.440. The van der Waals surface area contributed by atoms with Crippen molar-refractivity contribution in [2.45, 2.75) is 20.0 Å². The molecule has 1 aromatic carbocycles. The lowest BCUT2D eigenvalue weighted by Gasteiger charge is -2.10. The van der Waals surface area contributed by atoms with Gasteiger partial charge >= 0.3 is 0 Å². The Labute approximate surface area is 101 Å². The van der Waals surface area contributed by atoms with Crippen LogP contribution in [0.3, 0.4) is 0 Å². The number of hydrogen-bond acceptors (Lipinski definition) is 2. The summed E-state index contributed by atoms with van der Waals surface area (Å²) in [6.45, 7) is 5.42. The topological polar surface area (TPSA) is 21.3 Å². The van der Waals surface area contributed by atoms with Crippen molar-refractivity contribution < 1.29 is 4.74 Å². The number of nitrogens with one attached hydrogen (secondary N) is 1. The second-order valence-corrected chi connectivity index (χ2v) is 4.31. The molecule has 0 unspecified atom stereocenters. The summed E-state index contributed by atoms with van der Waals surface area (Å²) in [5, 5.41) is 4.45. The van der Waals surface area contributed by atoms with Gasteiger partial charge in [0.15, 0.2) is 0 Å². The number of anilines is 1. The molecule has 0 spiro atoms. The molecule has 0 radical (unpaired) electrons. The highest BCUT2D eigenvalue weighted by Gasteiger charge is 2.00. The molecule has 1 N–H and O–H groups in total. The van der Waals surface area contributed by atoms with E-state index in [0.717, 1.165) is 12.2 Å². The predicted octanol–water partition coefficient (Wildman–Crippen LogP) is 3.83. The minimum Gasteiger partial charge on any atom is -0.382 e. The lowest BCUT2D eigenvalue weighted by molar-refractivity contribution is 0.0870. The van der Waals surface area contributed by atoms with Gasteiger partial charge in [0.05, 0.1) is 23.4 Å². The Kier molecular flexibility index (Phi) is 5.23. The largest absolute Gasteiger partial charge is 0.382 e. The maximum Gasteiger partial charge on any atom is 0.0652 e. The van der Waals surface area contributed by atoms with Gasteiger partial charge in [0.2, 0.25) is 0 Å². The zero-order chi connectivity index (χ0) is 11.3. The normalized spacial score (nSPS) is 10.7.